The van der Waals surface area contributed by atoms with Crippen LogP contribution in [-0.4, -0.2) is 54.0 Å². The summed E-state index contributed by atoms with van der Waals surface area (Å²) in [6, 6.07) is 25.2. The number of hydrogen-bond acceptors (Lipinski definition) is 7. The summed E-state index contributed by atoms with van der Waals surface area (Å²) >= 11 is 0. The Morgan fingerprint density at radius 3 is 2.12 bits per heavy atom. The number of anilines is 1. The second-order valence-corrected chi connectivity index (χ2v) is 13.1. The maximum absolute atomic E-state index is 14.4. The van der Waals surface area contributed by atoms with E-state index in [1.54, 1.807) is 36.2 Å². The lowest BCUT2D eigenvalue weighted by Crippen LogP contribution is -2.54. The summed E-state index contributed by atoms with van der Waals surface area (Å²) < 4.78 is 5.65. The molecule has 5 rings (SSSR count). The van der Waals surface area contributed by atoms with Crippen molar-refractivity contribution in [1.82, 2.24) is 15.8 Å². The van der Waals surface area contributed by atoms with Crippen molar-refractivity contribution in [3.05, 3.63) is 108 Å². The van der Waals surface area contributed by atoms with Gasteiger partial charge in [0, 0.05) is 13.0 Å². The van der Waals surface area contributed by atoms with Crippen LogP contribution < -0.4 is 15.9 Å². The van der Waals surface area contributed by atoms with E-state index in [2.05, 4.69) is 10.9 Å². The predicted molar refractivity (Wildman–Crippen MR) is 188 cm³/mol. The van der Waals surface area contributed by atoms with Crippen molar-refractivity contribution in [2.75, 3.05) is 18.2 Å². The molecule has 49 heavy (non-hydrogen) atoms. The zero-order valence-corrected chi connectivity index (χ0v) is 28.4. The molecule has 258 valence electrons. The molecule has 0 radical (unpaired) electrons. The number of benzene rings is 3. The minimum absolute atomic E-state index is 0.0918. The first-order valence-corrected chi connectivity index (χ1v) is 17.1. The zero-order valence-electron chi connectivity index (χ0n) is 28.4. The van der Waals surface area contributed by atoms with Gasteiger partial charge in [-0.3, -0.25) is 34.5 Å². The van der Waals surface area contributed by atoms with Gasteiger partial charge in [0.15, 0.2) is 6.29 Å². The number of rotatable bonds is 15. The molecule has 4 amide bonds. The Balaban J connectivity index is 1.38. The molecule has 1 fully saturated rings. The minimum Gasteiger partial charge on any atom is -0.350 e. The first-order valence-electron chi connectivity index (χ1n) is 17.1. The van der Waals surface area contributed by atoms with E-state index in [0.717, 1.165) is 18.4 Å². The molecule has 0 saturated carbocycles. The average Bonchev–Trinajstić information content (AvgIpc) is 3.38. The van der Waals surface area contributed by atoms with Crippen molar-refractivity contribution in [1.29, 1.82) is 0 Å². The smallest absolute Gasteiger partial charge is 0.261 e. The van der Waals surface area contributed by atoms with Gasteiger partial charge in [-0.1, -0.05) is 86.7 Å². The molecule has 10 heteroatoms. The number of hydrazine groups is 1. The molecule has 4 atom stereocenters. The number of fused-ring (bicyclic) bond motifs is 1. The third-order valence-electron chi connectivity index (χ3n) is 8.84. The lowest BCUT2D eigenvalue weighted by molar-refractivity contribution is -0.203. The van der Waals surface area contributed by atoms with Gasteiger partial charge in [-0.2, -0.15) is 0 Å². The Bertz CT molecular complexity index is 1570. The van der Waals surface area contributed by atoms with E-state index in [0.29, 0.717) is 36.3 Å². The van der Waals surface area contributed by atoms with Gasteiger partial charge in [-0.05, 0) is 68.4 Å². The van der Waals surface area contributed by atoms with Crippen LogP contribution in [0.25, 0.3) is 6.08 Å². The number of carbonyl (C=O) groups is 4. The molecule has 2 N–H and O–H groups in total. The topological polar surface area (TPSA) is 117 Å². The van der Waals surface area contributed by atoms with Crippen LogP contribution >= 0.6 is 0 Å². The fraction of sp³-hybridized carbons (Fsp3) is 0.385. The highest BCUT2D eigenvalue weighted by Gasteiger charge is 2.40. The first-order chi connectivity index (χ1) is 23.7. The Morgan fingerprint density at radius 2 is 1.51 bits per heavy atom. The van der Waals surface area contributed by atoms with E-state index < -0.39 is 30.1 Å². The van der Waals surface area contributed by atoms with Crippen LogP contribution in [0.15, 0.2) is 91.0 Å². The summed E-state index contributed by atoms with van der Waals surface area (Å²) in [5.41, 5.74) is 8.06. The Hall–Kier alpha value is -4.80. The van der Waals surface area contributed by atoms with Crippen LogP contribution in [0, 0.1) is 17.8 Å². The van der Waals surface area contributed by atoms with Crippen LogP contribution in [0.3, 0.4) is 0 Å². The van der Waals surface area contributed by atoms with Gasteiger partial charge in [-0.15, -0.1) is 0 Å². The summed E-state index contributed by atoms with van der Waals surface area (Å²) in [6.45, 7) is 6.51. The monoisotopic (exact) mass is 666 g/mol. The maximum Gasteiger partial charge on any atom is 0.261 e. The summed E-state index contributed by atoms with van der Waals surface area (Å²) in [5, 5.41) is 1.66. The Morgan fingerprint density at radius 1 is 0.878 bits per heavy atom. The third-order valence-corrected chi connectivity index (χ3v) is 8.84. The van der Waals surface area contributed by atoms with E-state index in [9.17, 15) is 19.2 Å². The molecular weight excluding hydrogens is 620 g/mol. The quantitative estimate of drug-likeness (QED) is 0.147. The second-order valence-electron chi connectivity index (χ2n) is 13.1. The van der Waals surface area contributed by atoms with Crippen molar-refractivity contribution in [2.45, 2.75) is 65.2 Å². The number of hydroxylamine groups is 1. The number of nitrogens with zero attached hydrogens (tertiary/aromatic N) is 2. The first kappa shape index (κ1) is 35.5. The normalized spacial score (nSPS) is 17.9. The predicted octanol–water partition coefficient (Wildman–Crippen LogP) is 6.17. The number of ether oxygens (including phenoxy) is 1. The van der Waals surface area contributed by atoms with Crippen LogP contribution in [0.5, 0.6) is 0 Å². The van der Waals surface area contributed by atoms with E-state index >= 15 is 0 Å². The van der Waals surface area contributed by atoms with Gasteiger partial charge < -0.3 is 4.74 Å². The number of amides is 4. The fourth-order valence-electron chi connectivity index (χ4n) is 6.33. The molecule has 0 bridgehead atoms. The molecule has 10 nitrogen and oxygen atoms in total. The molecule has 1 unspecified atom stereocenters. The highest BCUT2D eigenvalue weighted by atomic mass is 16.8. The van der Waals surface area contributed by atoms with Gasteiger partial charge in [-0.25, -0.2) is 10.3 Å². The number of imide groups is 1. The summed E-state index contributed by atoms with van der Waals surface area (Å²) in [5.74, 6) is -2.90. The molecule has 0 spiro atoms. The standard InChI is InChI=1S/C39H46N4O6/c1-27(2)25-34(31(22-14-17-29-15-6-4-7-16-29)37(45)41-49-35-23-12-13-24-48-35)36(44)40-42(30-18-8-5-9-19-30)26-28(3)43-38(46)32-20-10-11-21-33(32)39(43)47/h4-11,14-21,27-28,31,34-35H,12-13,22-26H2,1-3H3,(H,40,44)(H,41,45)/b17-14+/t28-,31+,34-,35?/m1/s1. The molecule has 2 aliphatic heterocycles. The number of allylic oxidation sites excluding steroid dienone is 1. The molecular formula is C39H46N4O6. The SMILES string of the molecule is CC(C)C[C@@H](C(=O)NN(C[C@@H](C)N1C(=O)c2ccccc2C1=O)c1ccccc1)[C@H](C/C=C/c1ccccc1)C(=O)NOC1CCCCO1. The van der Waals surface area contributed by atoms with Gasteiger partial charge in [0.1, 0.15) is 0 Å². The number of carbonyl (C=O) groups excluding carboxylic acids is 4. The van der Waals surface area contributed by atoms with E-state index in [4.69, 9.17) is 9.57 Å². The molecule has 0 aliphatic carbocycles. The Kier molecular flexibility index (Phi) is 12.3. The summed E-state index contributed by atoms with van der Waals surface area (Å²) in [4.78, 5) is 61.7. The zero-order chi connectivity index (χ0) is 34.8. The van der Waals surface area contributed by atoms with E-state index in [1.807, 2.05) is 86.7 Å². The lowest BCUT2D eigenvalue weighted by atomic mass is 9.82. The summed E-state index contributed by atoms with van der Waals surface area (Å²) in [7, 11) is 0. The third kappa shape index (κ3) is 9.22. The molecule has 0 aromatic heterocycles. The number of hydrogen-bond donors (Lipinski definition) is 2. The van der Waals surface area contributed by atoms with Gasteiger partial charge in [0.25, 0.3) is 11.8 Å². The van der Waals surface area contributed by atoms with Crippen LogP contribution in [-0.2, 0) is 19.2 Å². The minimum atomic E-state index is -0.766. The summed E-state index contributed by atoms with van der Waals surface area (Å²) in [6.07, 6.45) is 6.60. The van der Waals surface area contributed by atoms with Crippen LogP contribution in [0.2, 0.25) is 0 Å². The molecule has 3 aromatic rings. The van der Waals surface area contributed by atoms with Crippen molar-refractivity contribution in [3.63, 3.8) is 0 Å². The van der Waals surface area contributed by atoms with Crippen LogP contribution in [0.4, 0.5) is 5.69 Å². The molecule has 2 heterocycles. The van der Waals surface area contributed by atoms with E-state index in [1.165, 1.54) is 4.90 Å². The van der Waals surface area contributed by atoms with Crippen LogP contribution in [0.1, 0.15) is 79.2 Å². The largest absolute Gasteiger partial charge is 0.350 e. The van der Waals surface area contributed by atoms with Gasteiger partial charge in [0.05, 0.1) is 41.2 Å². The average molecular weight is 667 g/mol. The van der Waals surface area contributed by atoms with Crippen molar-refractivity contribution >= 4 is 35.4 Å². The van der Waals surface area contributed by atoms with Crippen molar-refractivity contribution < 1.29 is 28.8 Å². The van der Waals surface area contributed by atoms with Gasteiger partial charge >= 0.3 is 0 Å². The van der Waals surface area contributed by atoms with E-state index in [-0.39, 0.29) is 36.6 Å². The Labute approximate surface area is 288 Å². The fourth-order valence-corrected chi connectivity index (χ4v) is 6.33. The number of para-hydroxylation sites is 1. The lowest BCUT2D eigenvalue weighted by Gasteiger charge is -2.34. The number of nitrogens with one attached hydrogen (secondary N) is 2. The second kappa shape index (κ2) is 17.0. The molecule has 3 aromatic carbocycles. The molecule has 2 aliphatic rings. The highest BCUT2D eigenvalue weighted by Crippen LogP contribution is 2.28. The maximum atomic E-state index is 14.4. The molecule has 1 saturated heterocycles. The highest BCUT2D eigenvalue weighted by molar-refractivity contribution is 6.21. The van der Waals surface area contributed by atoms with Crippen molar-refractivity contribution in [2.24, 2.45) is 17.8 Å². The van der Waals surface area contributed by atoms with Crippen molar-refractivity contribution in [3.8, 4) is 0 Å². The van der Waals surface area contributed by atoms with Gasteiger partial charge in [0.2, 0.25) is 11.8 Å².